The SMILES string of the molecule is CCN(CC)C(=O)[C@@H](OC(=O)c1cc(=O)[nH]c2ccccc12)c1ccccc1. The molecule has 0 aliphatic heterocycles. The monoisotopic (exact) mass is 378 g/mol. The van der Waals surface area contributed by atoms with E-state index in [9.17, 15) is 14.4 Å². The van der Waals surface area contributed by atoms with Crippen LogP contribution in [0.4, 0.5) is 0 Å². The fourth-order valence-electron chi connectivity index (χ4n) is 3.13. The lowest BCUT2D eigenvalue weighted by Gasteiger charge is -2.25. The van der Waals surface area contributed by atoms with E-state index < -0.39 is 17.6 Å². The van der Waals surface area contributed by atoms with Crippen molar-refractivity contribution in [3.8, 4) is 0 Å². The molecule has 144 valence electrons. The summed E-state index contributed by atoms with van der Waals surface area (Å²) in [6.45, 7) is 4.75. The lowest BCUT2D eigenvalue weighted by Crippen LogP contribution is -2.36. The van der Waals surface area contributed by atoms with E-state index in [0.717, 1.165) is 0 Å². The molecule has 6 nitrogen and oxygen atoms in total. The lowest BCUT2D eigenvalue weighted by molar-refractivity contribution is -0.140. The smallest absolute Gasteiger partial charge is 0.340 e. The molecule has 0 spiro atoms. The number of H-pyrrole nitrogens is 1. The first-order chi connectivity index (χ1) is 13.5. The number of hydrogen-bond donors (Lipinski definition) is 1. The lowest BCUT2D eigenvalue weighted by atomic mass is 10.1. The van der Waals surface area contributed by atoms with Gasteiger partial charge in [0.1, 0.15) is 0 Å². The van der Waals surface area contributed by atoms with Crippen molar-refractivity contribution in [2.75, 3.05) is 13.1 Å². The van der Waals surface area contributed by atoms with Crippen LogP contribution in [0.3, 0.4) is 0 Å². The minimum atomic E-state index is -1.08. The van der Waals surface area contributed by atoms with Crippen LogP contribution in [0.2, 0.25) is 0 Å². The van der Waals surface area contributed by atoms with Crippen molar-refractivity contribution in [2.24, 2.45) is 0 Å². The Hall–Kier alpha value is -3.41. The maximum atomic E-state index is 13.0. The maximum Gasteiger partial charge on any atom is 0.340 e. The maximum absolute atomic E-state index is 13.0. The summed E-state index contributed by atoms with van der Waals surface area (Å²) in [6, 6.07) is 17.1. The van der Waals surface area contributed by atoms with E-state index in [1.54, 1.807) is 53.4 Å². The molecule has 0 saturated heterocycles. The van der Waals surface area contributed by atoms with Crippen molar-refractivity contribution in [3.05, 3.63) is 82.1 Å². The van der Waals surface area contributed by atoms with E-state index in [1.807, 2.05) is 19.9 Å². The Morgan fingerprint density at radius 3 is 2.32 bits per heavy atom. The molecule has 0 bridgehead atoms. The number of hydrogen-bond acceptors (Lipinski definition) is 4. The first kappa shape index (κ1) is 19.4. The van der Waals surface area contributed by atoms with Gasteiger partial charge < -0.3 is 14.6 Å². The number of ether oxygens (including phenoxy) is 1. The summed E-state index contributed by atoms with van der Waals surface area (Å²) < 4.78 is 5.65. The first-order valence-electron chi connectivity index (χ1n) is 9.22. The van der Waals surface area contributed by atoms with Crippen molar-refractivity contribution in [2.45, 2.75) is 20.0 Å². The molecule has 1 amide bonds. The van der Waals surface area contributed by atoms with Gasteiger partial charge in [0.25, 0.3) is 5.91 Å². The summed E-state index contributed by atoms with van der Waals surface area (Å²) in [5, 5.41) is 0.564. The van der Waals surface area contributed by atoms with Crippen LogP contribution < -0.4 is 5.56 Å². The highest BCUT2D eigenvalue weighted by Gasteiger charge is 2.29. The highest BCUT2D eigenvalue weighted by atomic mass is 16.5. The number of para-hydroxylation sites is 1. The van der Waals surface area contributed by atoms with E-state index in [2.05, 4.69) is 4.98 Å². The molecule has 1 atom stereocenters. The number of aromatic amines is 1. The Kier molecular flexibility index (Phi) is 5.89. The molecule has 28 heavy (non-hydrogen) atoms. The van der Waals surface area contributed by atoms with Gasteiger partial charge >= 0.3 is 5.97 Å². The fraction of sp³-hybridized carbons (Fsp3) is 0.227. The summed E-state index contributed by atoms with van der Waals surface area (Å²) >= 11 is 0. The zero-order valence-electron chi connectivity index (χ0n) is 15.8. The number of rotatable bonds is 6. The number of carbonyl (C=O) groups excluding carboxylic acids is 2. The van der Waals surface area contributed by atoms with Crippen molar-refractivity contribution in [1.82, 2.24) is 9.88 Å². The Bertz CT molecular complexity index is 1040. The van der Waals surface area contributed by atoms with E-state index >= 15 is 0 Å². The van der Waals surface area contributed by atoms with Gasteiger partial charge in [0.05, 0.1) is 5.56 Å². The number of likely N-dealkylation sites (N-methyl/N-ethyl adjacent to an activating group) is 1. The predicted octanol–water partition coefficient (Wildman–Crippen LogP) is 3.29. The Morgan fingerprint density at radius 2 is 1.64 bits per heavy atom. The molecular formula is C22H22N2O4. The van der Waals surface area contributed by atoms with E-state index in [1.165, 1.54) is 6.07 Å². The number of nitrogens with one attached hydrogen (secondary N) is 1. The molecular weight excluding hydrogens is 356 g/mol. The molecule has 0 radical (unpaired) electrons. The van der Waals surface area contributed by atoms with Gasteiger partial charge in [-0.1, -0.05) is 48.5 Å². The minimum Gasteiger partial charge on any atom is -0.444 e. The largest absolute Gasteiger partial charge is 0.444 e. The highest BCUT2D eigenvalue weighted by Crippen LogP contribution is 2.24. The van der Waals surface area contributed by atoms with Crippen LogP contribution in [0, 0.1) is 0 Å². The van der Waals surface area contributed by atoms with Gasteiger partial charge in [0.15, 0.2) is 0 Å². The third kappa shape index (κ3) is 3.96. The fourth-order valence-corrected chi connectivity index (χ4v) is 3.13. The molecule has 0 aliphatic carbocycles. The summed E-state index contributed by atoms with van der Waals surface area (Å²) in [6.07, 6.45) is -1.08. The second-order valence-corrected chi connectivity index (χ2v) is 6.30. The van der Waals surface area contributed by atoms with Crippen LogP contribution in [0.25, 0.3) is 10.9 Å². The van der Waals surface area contributed by atoms with Gasteiger partial charge in [-0.2, -0.15) is 0 Å². The molecule has 1 heterocycles. The van der Waals surface area contributed by atoms with Crippen LogP contribution in [0.15, 0.2) is 65.5 Å². The van der Waals surface area contributed by atoms with Gasteiger partial charge in [-0.3, -0.25) is 9.59 Å². The standard InChI is InChI=1S/C22H22N2O4/c1-3-24(4-2)21(26)20(15-10-6-5-7-11-15)28-22(27)17-14-19(25)23-18-13-9-8-12-16(17)18/h5-14,20H,3-4H2,1-2H3,(H,23,25)/t20-/m0/s1. The van der Waals surface area contributed by atoms with E-state index in [-0.39, 0.29) is 11.5 Å². The third-order valence-electron chi connectivity index (χ3n) is 4.60. The normalized spacial score (nSPS) is 11.8. The van der Waals surface area contributed by atoms with Gasteiger partial charge in [0.2, 0.25) is 11.7 Å². The molecule has 0 unspecified atom stereocenters. The number of benzene rings is 2. The summed E-state index contributed by atoms with van der Waals surface area (Å²) in [7, 11) is 0. The number of fused-ring (bicyclic) bond motifs is 1. The Labute approximate surface area is 162 Å². The number of aromatic nitrogens is 1. The second-order valence-electron chi connectivity index (χ2n) is 6.30. The number of amides is 1. The quantitative estimate of drug-likeness (QED) is 0.668. The average molecular weight is 378 g/mol. The van der Waals surface area contributed by atoms with Crippen molar-refractivity contribution in [1.29, 1.82) is 0 Å². The predicted molar refractivity (Wildman–Crippen MR) is 107 cm³/mol. The van der Waals surface area contributed by atoms with E-state index in [4.69, 9.17) is 4.74 Å². The third-order valence-corrected chi connectivity index (χ3v) is 4.60. The van der Waals surface area contributed by atoms with Crippen LogP contribution in [0.1, 0.15) is 35.9 Å². The number of esters is 1. The molecule has 0 aliphatic rings. The van der Waals surface area contributed by atoms with Crippen LogP contribution in [-0.4, -0.2) is 34.8 Å². The molecule has 1 aromatic heterocycles. The molecule has 2 aromatic carbocycles. The molecule has 3 aromatic rings. The van der Waals surface area contributed by atoms with Crippen molar-refractivity contribution >= 4 is 22.8 Å². The number of carbonyl (C=O) groups is 2. The molecule has 3 rings (SSSR count). The molecule has 6 heteroatoms. The highest BCUT2D eigenvalue weighted by molar-refractivity contribution is 6.04. The van der Waals surface area contributed by atoms with Gasteiger partial charge in [-0.25, -0.2) is 4.79 Å². The van der Waals surface area contributed by atoms with Crippen molar-refractivity contribution < 1.29 is 14.3 Å². The zero-order chi connectivity index (χ0) is 20.1. The van der Waals surface area contributed by atoms with Gasteiger partial charge in [-0.15, -0.1) is 0 Å². The topological polar surface area (TPSA) is 79.5 Å². The second kappa shape index (κ2) is 8.52. The Morgan fingerprint density at radius 1 is 1.00 bits per heavy atom. The first-order valence-corrected chi connectivity index (χ1v) is 9.22. The summed E-state index contributed by atoms with van der Waals surface area (Å²) in [5.41, 5.74) is 0.847. The van der Waals surface area contributed by atoms with Crippen LogP contribution >= 0.6 is 0 Å². The van der Waals surface area contributed by atoms with Gasteiger partial charge in [0, 0.05) is 35.6 Å². The molecule has 0 fully saturated rings. The van der Waals surface area contributed by atoms with Crippen LogP contribution in [-0.2, 0) is 9.53 Å². The Balaban J connectivity index is 2.01. The number of pyridine rings is 1. The van der Waals surface area contributed by atoms with E-state index in [0.29, 0.717) is 29.6 Å². The molecule has 1 N–H and O–H groups in total. The van der Waals surface area contributed by atoms with Gasteiger partial charge in [-0.05, 0) is 19.9 Å². The summed E-state index contributed by atoms with van der Waals surface area (Å²) in [5.74, 6) is -1.00. The average Bonchev–Trinajstić information content (AvgIpc) is 2.72. The van der Waals surface area contributed by atoms with Crippen LogP contribution in [0.5, 0.6) is 0 Å². The molecule has 0 saturated carbocycles. The minimum absolute atomic E-state index is 0.132. The number of nitrogens with zero attached hydrogens (tertiary/aromatic N) is 1. The zero-order valence-corrected chi connectivity index (χ0v) is 15.8. The summed E-state index contributed by atoms with van der Waals surface area (Å²) in [4.78, 5) is 42.2. The van der Waals surface area contributed by atoms with Crippen molar-refractivity contribution in [3.63, 3.8) is 0 Å².